The first-order valence-electron chi connectivity index (χ1n) is 6.66. The summed E-state index contributed by atoms with van der Waals surface area (Å²) >= 11 is 0. The third-order valence-corrected chi connectivity index (χ3v) is 5.56. The Morgan fingerprint density at radius 1 is 1.27 bits per heavy atom. The number of rotatable bonds is 3. The Bertz CT molecular complexity index is 608. The molecule has 9 heteroatoms. The van der Waals surface area contributed by atoms with Gasteiger partial charge < -0.3 is 5.73 Å². The van der Waals surface area contributed by atoms with Gasteiger partial charge in [0.15, 0.2) is 0 Å². The first kappa shape index (κ1) is 19.2. The van der Waals surface area contributed by atoms with Crippen molar-refractivity contribution < 1.29 is 21.6 Å². The van der Waals surface area contributed by atoms with Crippen molar-refractivity contribution in [3.63, 3.8) is 0 Å². The van der Waals surface area contributed by atoms with Gasteiger partial charge in [0.25, 0.3) is 0 Å². The zero-order chi connectivity index (χ0) is 15.7. The summed E-state index contributed by atoms with van der Waals surface area (Å²) in [6, 6.07) is 3.48. The van der Waals surface area contributed by atoms with E-state index in [1.807, 2.05) is 0 Å². The van der Waals surface area contributed by atoms with Gasteiger partial charge in [0, 0.05) is 19.1 Å². The van der Waals surface area contributed by atoms with Crippen LogP contribution < -0.4 is 5.73 Å². The molecule has 1 aromatic carbocycles. The average Bonchev–Trinajstić information content (AvgIpc) is 2.46. The maximum atomic E-state index is 12.7. The molecule has 2 N–H and O–H groups in total. The molecule has 1 unspecified atom stereocenters. The van der Waals surface area contributed by atoms with Crippen molar-refractivity contribution in [2.24, 2.45) is 5.73 Å². The zero-order valence-corrected chi connectivity index (χ0v) is 13.3. The van der Waals surface area contributed by atoms with Crippen LogP contribution in [0.2, 0.25) is 0 Å². The second kappa shape index (κ2) is 7.16. The largest absolute Gasteiger partial charge is 0.416 e. The van der Waals surface area contributed by atoms with E-state index in [-0.39, 0.29) is 29.9 Å². The number of hydrogen-bond donors (Lipinski definition) is 1. The van der Waals surface area contributed by atoms with Crippen LogP contribution in [0.3, 0.4) is 0 Å². The highest BCUT2D eigenvalue weighted by Crippen LogP contribution is 2.32. The molecule has 0 amide bonds. The Hall–Kier alpha value is -0.830. The highest BCUT2D eigenvalue weighted by molar-refractivity contribution is 7.89. The molecule has 0 spiro atoms. The number of halogens is 4. The maximum Gasteiger partial charge on any atom is 0.416 e. The lowest BCUT2D eigenvalue weighted by molar-refractivity contribution is -0.137. The minimum atomic E-state index is -4.57. The van der Waals surface area contributed by atoms with Crippen molar-refractivity contribution in [1.82, 2.24) is 4.31 Å². The molecule has 1 atom stereocenters. The Morgan fingerprint density at radius 3 is 2.55 bits per heavy atom. The van der Waals surface area contributed by atoms with Gasteiger partial charge in [-0.15, -0.1) is 12.4 Å². The van der Waals surface area contributed by atoms with Crippen LogP contribution in [0.15, 0.2) is 29.2 Å². The van der Waals surface area contributed by atoms with Crippen molar-refractivity contribution in [2.75, 3.05) is 13.1 Å². The molecule has 4 nitrogen and oxygen atoms in total. The summed E-state index contributed by atoms with van der Waals surface area (Å²) in [5.41, 5.74) is 4.61. The summed E-state index contributed by atoms with van der Waals surface area (Å²) in [4.78, 5) is -0.335. The molecular weight excluding hydrogens is 341 g/mol. The van der Waals surface area contributed by atoms with E-state index in [2.05, 4.69) is 0 Å². The average molecular weight is 359 g/mol. The van der Waals surface area contributed by atoms with E-state index >= 15 is 0 Å². The molecule has 0 radical (unpaired) electrons. The predicted octanol–water partition coefficient (Wildman–Crippen LogP) is 2.63. The summed E-state index contributed by atoms with van der Waals surface area (Å²) < 4.78 is 64.4. The number of hydrogen-bond acceptors (Lipinski definition) is 3. The van der Waals surface area contributed by atoms with E-state index < -0.39 is 21.8 Å². The molecule has 0 aromatic heterocycles. The Morgan fingerprint density at radius 2 is 1.95 bits per heavy atom. The van der Waals surface area contributed by atoms with E-state index in [1.165, 1.54) is 10.4 Å². The highest BCUT2D eigenvalue weighted by Gasteiger charge is 2.35. The molecule has 1 aliphatic heterocycles. The fourth-order valence-electron chi connectivity index (χ4n) is 2.49. The fraction of sp³-hybridized carbons (Fsp3) is 0.538. The number of nitrogens with two attached hydrogens (primary N) is 1. The summed E-state index contributed by atoms with van der Waals surface area (Å²) in [5, 5.41) is 0. The molecule has 1 aromatic rings. The van der Waals surface area contributed by atoms with Crippen molar-refractivity contribution in [3.05, 3.63) is 29.8 Å². The Kier molecular flexibility index (Phi) is 6.26. The second-order valence-corrected chi connectivity index (χ2v) is 6.92. The highest BCUT2D eigenvalue weighted by atomic mass is 35.5. The van der Waals surface area contributed by atoms with Crippen LogP contribution in [0.4, 0.5) is 13.2 Å². The van der Waals surface area contributed by atoms with Gasteiger partial charge in [-0.25, -0.2) is 8.42 Å². The normalized spacial score (nSPS) is 20.5. The maximum absolute atomic E-state index is 12.7. The van der Waals surface area contributed by atoms with Gasteiger partial charge >= 0.3 is 6.18 Å². The van der Waals surface area contributed by atoms with Crippen molar-refractivity contribution in [3.8, 4) is 0 Å². The van der Waals surface area contributed by atoms with E-state index in [0.29, 0.717) is 25.5 Å². The van der Waals surface area contributed by atoms with Gasteiger partial charge in [-0.3, -0.25) is 0 Å². The number of nitrogens with zero attached hydrogens (tertiary/aromatic N) is 1. The summed E-state index contributed by atoms with van der Waals surface area (Å²) in [5.74, 6) is 0. The molecule has 1 saturated heterocycles. The van der Waals surface area contributed by atoms with E-state index in [0.717, 1.165) is 18.6 Å². The lowest BCUT2D eigenvalue weighted by Crippen LogP contribution is -2.47. The third kappa shape index (κ3) is 3.92. The van der Waals surface area contributed by atoms with Crippen LogP contribution in [0, 0.1) is 0 Å². The summed E-state index contributed by atoms with van der Waals surface area (Å²) in [6.07, 6.45) is -2.37. The van der Waals surface area contributed by atoms with Crippen molar-refractivity contribution in [2.45, 2.75) is 36.4 Å². The fourth-order valence-corrected chi connectivity index (χ4v) is 4.24. The van der Waals surface area contributed by atoms with Gasteiger partial charge in [0.1, 0.15) is 0 Å². The third-order valence-electron chi connectivity index (χ3n) is 3.61. The number of piperidine rings is 1. The van der Waals surface area contributed by atoms with E-state index in [9.17, 15) is 21.6 Å². The molecule has 1 heterocycles. The van der Waals surface area contributed by atoms with E-state index in [4.69, 9.17) is 5.73 Å². The first-order valence-corrected chi connectivity index (χ1v) is 8.10. The molecule has 0 aliphatic carbocycles. The van der Waals surface area contributed by atoms with Crippen LogP contribution in [0.5, 0.6) is 0 Å². The number of benzene rings is 1. The molecule has 0 saturated carbocycles. The van der Waals surface area contributed by atoms with Gasteiger partial charge in [0.05, 0.1) is 10.5 Å². The molecule has 1 fully saturated rings. The minimum absolute atomic E-state index is 0. The minimum Gasteiger partial charge on any atom is -0.329 e. The lowest BCUT2D eigenvalue weighted by atomic mass is 10.1. The summed E-state index contributed by atoms with van der Waals surface area (Å²) in [7, 11) is -3.95. The standard InChI is InChI=1S/C13H17F3N2O2S.ClH/c14-13(15,16)10-4-3-6-12(8-10)21(19,20)18-7-2-1-5-11(18)9-17;/h3-4,6,8,11H,1-2,5,7,9,17H2;1H. The number of alkyl halides is 3. The smallest absolute Gasteiger partial charge is 0.329 e. The molecular formula is C13H18ClF3N2O2S. The zero-order valence-electron chi connectivity index (χ0n) is 11.7. The molecule has 2 rings (SSSR count). The molecule has 0 bridgehead atoms. The predicted molar refractivity (Wildman–Crippen MR) is 79.3 cm³/mol. The van der Waals surface area contributed by atoms with Crippen LogP contribution in [0.25, 0.3) is 0 Å². The number of sulfonamides is 1. The lowest BCUT2D eigenvalue weighted by Gasteiger charge is -2.34. The quantitative estimate of drug-likeness (QED) is 0.903. The molecule has 1 aliphatic rings. The Balaban J connectivity index is 0.00000242. The topological polar surface area (TPSA) is 63.4 Å². The van der Waals surface area contributed by atoms with Crippen molar-refractivity contribution >= 4 is 22.4 Å². The van der Waals surface area contributed by atoms with Crippen LogP contribution in [-0.4, -0.2) is 31.9 Å². The van der Waals surface area contributed by atoms with Crippen LogP contribution in [0.1, 0.15) is 24.8 Å². The molecule has 22 heavy (non-hydrogen) atoms. The van der Waals surface area contributed by atoms with E-state index in [1.54, 1.807) is 0 Å². The van der Waals surface area contributed by atoms with Gasteiger partial charge in [-0.05, 0) is 31.0 Å². The second-order valence-electron chi connectivity index (χ2n) is 5.03. The van der Waals surface area contributed by atoms with Crippen molar-refractivity contribution in [1.29, 1.82) is 0 Å². The monoisotopic (exact) mass is 358 g/mol. The van der Waals surface area contributed by atoms with Crippen LogP contribution in [-0.2, 0) is 16.2 Å². The molecule has 126 valence electrons. The van der Waals surface area contributed by atoms with Gasteiger partial charge in [-0.2, -0.15) is 17.5 Å². The van der Waals surface area contributed by atoms with Gasteiger partial charge in [0.2, 0.25) is 10.0 Å². The first-order chi connectivity index (χ1) is 9.76. The Labute approximate surface area is 133 Å². The SMILES string of the molecule is Cl.NCC1CCCCN1S(=O)(=O)c1cccc(C(F)(F)F)c1. The summed E-state index contributed by atoms with van der Waals surface area (Å²) in [6.45, 7) is 0.457. The van der Waals surface area contributed by atoms with Gasteiger partial charge in [-0.1, -0.05) is 12.5 Å². The van der Waals surface area contributed by atoms with Crippen LogP contribution >= 0.6 is 12.4 Å².